The van der Waals surface area contributed by atoms with Crippen LogP contribution in [-0.2, 0) is 4.79 Å². The maximum Gasteiger partial charge on any atom is 0.220 e. The topological polar surface area (TPSA) is 42.0 Å². The molecule has 1 aromatic rings. The fraction of sp³-hybridized carbons (Fsp3) is 0.692. The van der Waals surface area contributed by atoms with Crippen LogP contribution in [0.5, 0.6) is 0 Å². The van der Waals surface area contributed by atoms with E-state index in [1.54, 1.807) is 20.0 Å². The third kappa shape index (κ3) is 7.72. The van der Waals surface area contributed by atoms with Gasteiger partial charge in [-0.3, -0.25) is 4.79 Å². The van der Waals surface area contributed by atoms with Gasteiger partial charge in [-0.1, -0.05) is 83.5 Å². The first-order chi connectivity index (χ1) is 10.4. The normalized spacial score (nSPS) is 16.7. The van der Waals surface area contributed by atoms with E-state index in [9.17, 15) is 4.79 Å². The van der Waals surface area contributed by atoms with Gasteiger partial charge in [0.05, 0.1) is 6.04 Å². The van der Waals surface area contributed by atoms with Crippen molar-refractivity contribution in [3.8, 4) is 0 Å². The number of rotatable bonds is 6. The Morgan fingerprint density at radius 3 is 2.17 bits per heavy atom. The molecule has 132 valence electrons. The molecule has 1 unspecified atom stereocenters. The zero-order valence-electron chi connectivity index (χ0n) is 12.3. The van der Waals surface area contributed by atoms with Crippen molar-refractivity contribution in [2.75, 3.05) is 0 Å². The Hall–Kier alpha value is 0.840. The van der Waals surface area contributed by atoms with Crippen LogP contribution in [0.3, 0.4) is 0 Å². The van der Waals surface area contributed by atoms with E-state index in [-0.39, 0.29) is 24.3 Å². The summed E-state index contributed by atoms with van der Waals surface area (Å²) in [5, 5.41) is 5.44. The molecule has 0 radical (unpaired) electrons. The summed E-state index contributed by atoms with van der Waals surface area (Å²) in [4.78, 5) is 16.5. The summed E-state index contributed by atoms with van der Waals surface area (Å²) < 4.78 is -2.93. The molecule has 0 aliphatic rings. The van der Waals surface area contributed by atoms with Crippen LogP contribution in [-0.4, -0.2) is 18.5 Å². The SMILES string of the molecule is C[C@@H](CC(=O)NC(C[C@H](C)C(Cl)(Cl)Cl)c1nccs1)C(Cl)(Cl)Cl. The van der Waals surface area contributed by atoms with E-state index >= 15 is 0 Å². The number of aromatic nitrogens is 1. The fourth-order valence-electron chi connectivity index (χ4n) is 1.76. The van der Waals surface area contributed by atoms with Crippen LogP contribution in [0.25, 0.3) is 0 Å². The molecule has 1 N–H and O–H groups in total. The van der Waals surface area contributed by atoms with Crippen LogP contribution in [0.2, 0.25) is 0 Å². The molecular formula is C13H16Cl6N2OS. The van der Waals surface area contributed by atoms with E-state index in [1.165, 1.54) is 11.3 Å². The Labute approximate surface area is 169 Å². The minimum atomic E-state index is -1.50. The van der Waals surface area contributed by atoms with E-state index in [0.717, 1.165) is 5.01 Å². The van der Waals surface area contributed by atoms with Gasteiger partial charge in [0.1, 0.15) is 5.01 Å². The van der Waals surface area contributed by atoms with E-state index in [0.29, 0.717) is 6.42 Å². The van der Waals surface area contributed by atoms with Gasteiger partial charge in [0.25, 0.3) is 0 Å². The van der Waals surface area contributed by atoms with E-state index in [1.807, 2.05) is 5.38 Å². The number of hydrogen-bond acceptors (Lipinski definition) is 3. The Bertz CT molecular complexity index is 500. The maximum absolute atomic E-state index is 12.2. The van der Waals surface area contributed by atoms with Gasteiger partial charge < -0.3 is 5.32 Å². The maximum atomic E-state index is 12.2. The molecule has 0 saturated heterocycles. The predicted octanol–water partition coefficient (Wildman–Crippen LogP) is 6.09. The largest absolute Gasteiger partial charge is 0.347 e. The van der Waals surface area contributed by atoms with E-state index in [4.69, 9.17) is 69.6 Å². The summed E-state index contributed by atoms with van der Waals surface area (Å²) in [6.07, 6.45) is 2.15. The average Bonchev–Trinajstić information content (AvgIpc) is 2.89. The fourth-order valence-corrected chi connectivity index (χ4v) is 2.96. The van der Waals surface area contributed by atoms with Crippen molar-refractivity contribution in [1.29, 1.82) is 0 Å². The third-order valence-corrected chi connectivity index (χ3v) is 6.41. The molecule has 3 nitrogen and oxygen atoms in total. The molecule has 1 heterocycles. The van der Waals surface area contributed by atoms with Crippen molar-refractivity contribution in [1.82, 2.24) is 10.3 Å². The number of thiazole rings is 1. The molecule has 0 fully saturated rings. The lowest BCUT2D eigenvalue weighted by atomic mass is 10.0. The molecule has 0 bridgehead atoms. The van der Waals surface area contributed by atoms with Crippen molar-refractivity contribution in [3.05, 3.63) is 16.6 Å². The molecule has 1 rings (SSSR count). The minimum Gasteiger partial charge on any atom is -0.347 e. The molecular weight excluding hydrogens is 445 g/mol. The van der Waals surface area contributed by atoms with Gasteiger partial charge in [-0.2, -0.15) is 0 Å². The van der Waals surface area contributed by atoms with Crippen LogP contribution < -0.4 is 5.32 Å². The van der Waals surface area contributed by atoms with Gasteiger partial charge in [0.2, 0.25) is 5.91 Å². The Balaban J connectivity index is 2.77. The highest BCUT2D eigenvalue weighted by molar-refractivity contribution is 7.09. The second-order valence-corrected chi connectivity index (χ2v) is 11.0. The number of alkyl halides is 6. The molecule has 0 spiro atoms. The van der Waals surface area contributed by atoms with Crippen LogP contribution in [0.15, 0.2) is 11.6 Å². The first-order valence-electron chi connectivity index (χ1n) is 6.73. The second-order valence-electron chi connectivity index (χ2n) is 5.32. The number of carbonyl (C=O) groups is 1. The number of nitrogens with zero attached hydrogens (tertiary/aromatic N) is 1. The van der Waals surface area contributed by atoms with E-state index < -0.39 is 13.5 Å². The molecule has 0 aliphatic carbocycles. The highest BCUT2D eigenvalue weighted by Crippen LogP contribution is 2.40. The van der Waals surface area contributed by atoms with Gasteiger partial charge in [0, 0.05) is 29.8 Å². The zero-order valence-corrected chi connectivity index (χ0v) is 17.7. The van der Waals surface area contributed by atoms with Crippen molar-refractivity contribution < 1.29 is 4.79 Å². The first kappa shape index (κ1) is 21.9. The lowest BCUT2D eigenvalue weighted by Gasteiger charge is -2.26. The Morgan fingerprint density at radius 1 is 1.17 bits per heavy atom. The third-order valence-electron chi connectivity index (χ3n) is 3.28. The van der Waals surface area contributed by atoms with Gasteiger partial charge in [0.15, 0.2) is 7.59 Å². The minimum absolute atomic E-state index is 0.0700. The van der Waals surface area contributed by atoms with Gasteiger partial charge in [-0.05, 0) is 6.42 Å². The monoisotopic (exact) mass is 458 g/mol. The molecule has 0 saturated carbocycles. The zero-order chi connectivity index (χ0) is 17.8. The molecule has 0 aromatic carbocycles. The lowest BCUT2D eigenvalue weighted by Crippen LogP contribution is -2.34. The summed E-state index contributed by atoms with van der Waals surface area (Å²) in [5.74, 6) is -0.970. The molecule has 23 heavy (non-hydrogen) atoms. The molecule has 1 amide bonds. The van der Waals surface area contributed by atoms with E-state index in [2.05, 4.69) is 10.3 Å². The van der Waals surface area contributed by atoms with Crippen molar-refractivity contribution in [2.45, 2.75) is 40.3 Å². The summed E-state index contributed by atoms with van der Waals surface area (Å²) in [7, 11) is 0. The van der Waals surface area contributed by atoms with Crippen LogP contribution >= 0.6 is 80.9 Å². The average molecular weight is 461 g/mol. The number of halogens is 6. The van der Waals surface area contributed by atoms with Crippen molar-refractivity contribution in [3.63, 3.8) is 0 Å². The summed E-state index contributed by atoms with van der Waals surface area (Å²) in [5.41, 5.74) is 0. The summed E-state index contributed by atoms with van der Waals surface area (Å²) >= 11 is 36.6. The van der Waals surface area contributed by atoms with Crippen LogP contribution in [0, 0.1) is 11.8 Å². The second kappa shape index (κ2) is 8.98. The van der Waals surface area contributed by atoms with Gasteiger partial charge in [-0.15, -0.1) is 11.3 Å². The molecule has 1 aromatic heterocycles. The Morgan fingerprint density at radius 2 is 1.74 bits per heavy atom. The number of hydrogen-bond donors (Lipinski definition) is 1. The highest BCUT2D eigenvalue weighted by Gasteiger charge is 2.34. The Kier molecular flexibility index (Phi) is 8.54. The van der Waals surface area contributed by atoms with Crippen LogP contribution in [0.4, 0.5) is 0 Å². The lowest BCUT2D eigenvalue weighted by molar-refractivity contribution is -0.122. The van der Waals surface area contributed by atoms with Gasteiger partial charge >= 0.3 is 0 Å². The number of amides is 1. The number of carbonyl (C=O) groups excluding carboxylic acids is 1. The predicted molar refractivity (Wildman–Crippen MR) is 101 cm³/mol. The molecule has 3 atom stereocenters. The molecule has 0 aliphatic heterocycles. The van der Waals surface area contributed by atoms with Crippen LogP contribution in [0.1, 0.15) is 37.7 Å². The van der Waals surface area contributed by atoms with Crippen molar-refractivity contribution >= 4 is 86.8 Å². The quantitative estimate of drug-likeness (QED) is 0.521. The molecule has 10 heteroatoms. The first-order valence-corrected chi connectivity index (χ1v) is 9.88. The summed E-state index contributed by atoms with van der Waals surface area (Å²) in [6, 6.07) is -0.365. The standard InChI is InChI=1S/C13H16Cl6N2OS/c1-7(12(14,15)16)5-9(11-20-3-4-23-11)21-10(22)6-8(2)13(17,18)19/h3-4,7-9H,5-6H2,1-2H3,(H,21,22)/t7-,8-,9?/m0/s1. The summed E-state index contributed by atoms with van der Waals surface area (Å²) in [6.45, 7) is 3.48. The highest BCUT2D eigenvalue weighted by atomic mass is 35.6. The van der Waals surface area contributed by atoms with Gasteiger partial charge in [-0.25, -0.2) is 4.98 Å². The smallest absolute Gasteiger partial charge is 0.220 e. The number of nitrogens with one attached hydrogen (secondary N) is 1. The van der Waals surface area contributed by atoms with Crippen molar-refractivity contribution in [2.24, 2.45) is 11.8 Å².